The minimum absolute atomic E-state index is 0.171. The number of benzene rings is 1. The molecule has 0 spiro atoms. The van der Waals surface area contributed by atoms with E-state index in [9.17, 15) is 4.39 Å². The fraction of sp³-hybridized carbons (Fsp3) is 0.278. The molecule has 1 aliphatic rings. The maximum absolute atomic E-state index is 13.6. The predicted octanol–water partition coefficient (Wildman–Crippen LogP) is 4.16. The van der Waals surface area contributed by atoms with Crippen molar-refractivity contribution in [2.24, 2.45) is 0 Å². The van der Waals surface area contributed by atoms with Crippen molar-refractivity contribution in [1.82, 2.24) is 15.2 Å². The van der Waals surface area contributed by atoms with Crippen LogP contribution >= 0.6 is 22.7 Å². The minimum Gasteiger partial charge on any atom is -0.314 e. The van der Waals surface area contributed by atoms with Crippen LogP contribution in [-0.2, 0) is 6.54 Å². The van der Waals surface area contributed by atoms with Crippen LogP contribution in [0, 0.1) is 5.82 Å². The van der Waals surface area contributed by atoms with Gasteiger partial charge in [0.1, 0.15) is 10.8 Å². The Balaban J connectivity index is 1.53. The van der Waals surface area contributed by atoms with Crippen molar-refractivity contribution in [2.75, 3.05) is 19.6 Å². The maximum atomic E-state index is 13.6. The van der Waals surface area contributed by atoms with E-state index in [2.05, 4.69) is 32.0 Å². The highest BCUT2D eigenvalue weighted by Crippen LogP contribution is 2.30. The van der Waals surface area contributed by atoms with Gasteiger partial charge in [0, 0.05) is 54.2 Å². The van der Waals surface area contributed by atoms with Crippen LogP contribution in [0.5, 0.6) is 0 Å². The molecule has 0 aliphatic carbocycles. The Morgan fingerprint density at radius 3 is 3.12 bits per heavy atom. The van der Waals surface area contributed by atoms with Crippen LogP contribution in [0.1, 0.15) is 16.5 Å². The third-order valence-electron chi connectivity index (χ3n) is 4.27. The molecule has 3 aromatic rings. The average molecular weight is 359 g/mol. The third-order valence-corrected chi connectivity index (χ3v) is 5.98. The van der Waals surface area contributed by atoms with E-state index in [4.69, 9.17) is 0 Å². The highest BCUT2D eigenvalue weighted by Gasteiger charge is 2.24. The van der Waals surface area contributed by atoms with Gasteiger partial charge in [-0.2, -0.15) is 11.3 Å². The van der Waals surface area contributed by atoms with Crippen molar-refractivity contribution < 1.29 is 4.39 Å². The first-order valence-corrected chi connectivity index (χ1v) is 9.73. The molecule has 0 saturated carbocycles. The number of rotatable bonds is 4. The molecule has 2 aromatic heterocycles. The largest absolute Gasteiger partial charge is 0.314 e. The Hall–Kier alpha value is -1.60. The lowest BCUT2D eigenvalue weighted by molar-refractivity contribution is 0.155. The summed E-state index contributed by atoms with van der Waals surface area (Å²) in [6.45, 7) is 3.61. The van der Waals surface area contributed by atoms with Crippen LogP contribution in [0.15, 0.2) is 47.3 Å². The van der Waals surface area contributed by atoms with Gasteiger partial charge in [-0.15, -0.1) is 11.3 Å². The van der Waals surface area contributed by atoms with Crippen molar-refractivity contribution in [3.05, 3.63) is 63.5 Å². The zero-order chi connectivity index (χ0) is 16.4. The van der Waals surface area contributed by atoms with E-state index in [1.54, 1.807) is 34.8 Å². The van der Waals surface area contributed by atoms with Gasteiger partial charge in [0.05, 0.1) is 0 Å². The van der Waals surface area contributed by atoms with Gasteiger partial charge in [-0.05, 0) is 29.1 Å². The lowest BCUT2D eigenvalue weighted by Crippen LogP contribution is -2.45. The summed E-state index contributed by atoms with van der Waals surface area (Å²) in [4.78, 5) is 8.22. The van der Waals surface area contributed by atoms with E-state index in [1.165, 1.54) is 16.5 Å². The maximum Gasteiger partial charge on any atom is 0.124 e. The second kappa shape index (κ2) is 7.11. The molecule has 6 heteroatoms. The fourth-order valence-electron chi connectivity index (χ4n) is 3.08. The van der Waals surface area contributed by atoms with Gasteiger partial charge in [0.15, 0.2) is 0 Å². The Labute approximate surface area is 148 Å². The van der Waals surface area contributed by atoms with Crippen LogP contribution in [-0.4, -0.2) is 29.5 Å². The van der Waals surface area contributed by atoms with Crippen molar-refractivity contribution in [3.8, 4) is 10.6 Å². The van der Waals surface area contributed by atoms with Gasteiger partial charge >= 0.3 is 0 Å². The van der Waals surface area contributed by atoms with Crippen molar-refractivity contribution >= 4 is 22.7 Å². The number of thiazole rings is 1. The molecular formula is C18H18FN3S2. The van der Waals surface area contributed by atoms with Crippen molar-refractivity contribution in [1.29, 1.82) is 0 Å². The lowest BCUT2D eigenvalue weighted by atomic mass is 10.0. The summed E-state index contributed by atoms with van der Waals surface area (Å²) in [5.41, 5.74) is 2.23. The summed E-state index contributed by atoms with van der Waals surface area (Å²) >= 11 is 3.43. The number of nitrogens with one attached hydrogen (secondary N) is 1. The Kier molecular flexibility index (Phi) is 4.71. The molecule has 1 N–H and O–H groups in total. The monoisotopic (exact) mass is 359 g/mol. The molecule has 0 radical (unpaired) electrons. The van der Waals surface area contributed by atoms with E-state index in [0.717, 1.165) is 36.8 Å². The minimum atomic E-state index is -0.171. The van der Waals surface area contributed by atoms with Gasteiger partial charge < -0.3 is 5.32 Å². The van der Waals surface area contributed by atoms with Crippen LogP contribution in [0.4, 0.5) is 4.39 Å². The first kappa shape index (κ1) is 15.9. The second-order valence-electron chi connectivity index (χ2n) is 5.89. The zero-order valence-electron chi connectivity index (χ0n) is 13.1. The van der Waals surface area contributed by atoms with Crippen molar-refractivity contribution in [3.63, 3.8) is 0 Å². The summed E-state index contributed by atoms with van der Waals surface area (Å²) in [6.07, 6.45) is 1.97. The number of nitrogens with zero attached hydrogens (tertiary/aromatic N) is 2. The van der Waals surface area contributed by atoms with Gasteiger partial charge in [0.25, 0.3) is 0 Å². The molecule has 0 amide bonds. The first-order valence-electron chi connectivity index (χ1n) is 7.97. The summed E-state index contributed by atoms with van der Waals surface area (Å²) in [7, 11) is 0. The van der Waals surface area contributed by atoms with Gasteiger partial charge in [0.2, 0.25) is 0 Å². The van der Waals surface area contributed by atoms with E-state index in [-0.39, 0.29) is 11.9 Å². The number of thiophene rings is 1. The van der Waals surface area contributed by atoms with Crippen LogP contribution < -0.4 is 5.32 Å². The highest BCUT2D eigenvalue weighted by atomic mass is 32.1. The SMILES string of the molecule is Fc1cccc(C2CNCCN2Cc2cnc(-c3ccsc3)s2)c1. The van der Waals surface area contributed by atoms with Crippen LogP contribution in [0.25, 0.3) is 10.6 Å². The summed E-state index contributed by atoms with van der Waals surface area (Å²) in [5.74, 6) is -0.171. The summed E-state index contributed by atoms with van der Waals surface area (Å²) in [5, 5.41) is 8.70. The Bertz CT molecular complexity index is 800. The quantitative estimate of drug-likeness (QED) is 0.758. The molecule has 124 valence electrons. The van der Waals surface area contributed by atoms with Gasteiger partial charge in [-0.25, -0.2) is 9.37 Å². The van der Waals surface area contributed by atoms with E-state index in [1.807, 2.05) is 12.3 Å². The number of hydrogen-bond donors (Lipinski definition) is 1. The molecule has 1 saturated heterocycles. The average Bonchev–Trinajstić information content (AvgIpc) is 3.26. The molecule has 1 unspecified atom stereocenters. The molecule has 3 heterocycles. The van der Waals surface area contributed by atoms with Crippen LogP contribution in [0.3, 0.4) is 0 Å². The smallest absolute Gasteiger partial charge is 0.124 e. The molecule has 0 bridgehead atoms. The Morgan fingerprint density at radius 1 is 1.33 bits per heavy atom. The number of halogens is 1. The summed E-state index contributed by atoms with van der Waals surface area (Å²) < 4.78 is 13.6. The molecule has 1 atom stereocenters. The lowest BCUT2D eigenvalue weighted by Gasteiger charge is -2.36. The molecule has 1 aliphatic heterocycles. The number of hydrogen-bond acceptors (Lipinski definition) is 5. The molecular weight excluding hydrogens is 341 g/mol. The first-order chi connectivity index (χ1) is 11.8. The molecule has 3 nitrogen and oxygen atoms in total. The second-order valence-corrected chi connectivity index (χ2v) is 7.78. The summed E-state index contributed by atoms with van der Waals surface area (Å²) in [6, 6.07) is 9.25. The molecule has 1 aromatic carbocycles. The standard InChI is InChI=1S/C18H18FN3S2/c19-15-3-1-2-13(8-15)17-10-20-5-6-22(17)11-16-9-21-18(24-16)14-4-7-23-12-14/h1-4,7-9,12,17,20H,5-6,10-11H2. The van der Waals surface area contributed by atoms with E-state index < -0.39 is 0 Å². The zero-order valence-corrected chi connectivity index (χ0v) is 14.7. The Morgan fingerprint density at radius 2 is 2.29 bits per heavy atom. The third kappa shape index (κ3) is 3.42. The van der Waals surface area contributed by atoms with Crippen LogP contribution in [0.2, 0.25) is 0 Å². The van der Waals surface area contributed by atoms with Gasteiger partial charge in [-0.1, -0.05) is 12.1 Å². The normalized spacial score (nSPS) is 18.8. The number of piperazine rings is 1. The predicted molar refractivity (Wildman–Crippen MR) is 97.8 cm³/mol. The fourth-order valence-corrected chi connectivity index (χ4v) is 4.73. The van der Waals surface area contributed by atoms with E-state index in [0.29, 0.717) is 0 Å². The van der Waals surface area contributed by atoms with E-state index >= 15 is 0 Å². The number of aromatic nitrogens is 1. The molecule has 24 heavy (non-hydrogen) atoms. The topological polar surface area (TPSA) is 28.2 Å². The molecule has 4 rings (SSSR count). The molecule has 1 fully saturated rings. The highest BCUT2D eigenvalue weighted by molar-refractivity contribution is 7.15. The van der Waals surface area contributed by atoms with Crippen molar-refractivity contribution in [2.45, 2.75) is 12.6 Å². The van der Waals surface area contributed by atoms with Gasteiger partial charge in [-0.3, -0.25) is 4.90 Å².